The van der Waals surface area contributed by atoms with Gasteiger partial charge in [0, 0.05) is 18.5 Å². The van der Waals surface area contributed by atoms with Crippen LogP contribution >= 0.6 is 0 Å². The molecule has 5 aliphatic rings. The second-order valence-corrected chi connectivity index (χ2v) is 7.91. The molecule has 4 aliphatic carbocycles. The Morgan fingerprint density at radius 1 is 1.11 bits per heavy atom. The molecule has 1 aliphatic heterocycles. The van der Waals surface area contributed by atoms with Crippen LogP contribution in [0.2, 0.25) is 0 Å². The van der Waals surface area contributed by atoms with E-state index in [9.17, 15) is 4.79 Å². The van der Waals surface area contributed by atoms with E-state index < -0.39 is 0 Å². The number of likely N-dealkylation sites (tertiary alicyclic amines) is 1. The summed E-state index contributed by atoms with van der Waals surface area (Å²) in [6.07, 6.45) is 10.7. The van der Waals surface area contributed by atoms with Crippen LogP contribution in [0.5, 0.6) is 0 Å². The van der Waals surface area contributed by atoms with Gasteiger partial charge in [0.25, 0.3) is 0 Å². The van der Waals surface area contributed by atoms with E-state index in [4.69, 9.17) is 5.73 Å². The molecule has 106 valence electrons. The maximum atomic E-state index is 11.1. The van der Waals surface area contributed by atoms with E-state index in [-0.39, 0.29) is 5.91 Å². The number of carbonyl (C=O) groups excluding carboxylic acids is 1. The summed E-state index contributed by atoms with van der Waals surface area (Å²) in [5, 5.41) is 0. The summed E-state index contributed by atoms with van der Waals surface area (Å²) >= 11 is 0. The van der Waals surface area contributed by atoms with Crippen molar-refractivity contribution < 1.29 is 4.79 Å². The van der Waals surface area contributed by atoms with Crippen LogP contribution in [0, 0.1) is 23.7 Å². The molecule has 3 heteroatoms. The number of primary amides is 1. The topological polar surface area (TPSA) is 46.3 Å². The van der Waals surface area contributed by atoms with Crippen LogP contribution in [0.25, 0.3) is 0 Å². The third kappa shape index (κ3) is 2.01. The molecule has 0 spiro atoms. The highest BCUT2D eigenvalue weighted by atomic mass is 16.1. The lowest BCUT2D eigenvalue weighted by Gasteiger charge is -2.60. The van der Waals surface area contributed by atoms with E-state index in [1.54, 1.807) is 0 Å². The van der Waals surface area contributed by atoms with E-state index in [1.165, 1.54) is 51.5 Å². The summed E-state index contributed by atoms with van der Waals surface area (Å²) in [4.78, 5) is 13.9. The number of carbonyl (C=O) groups is 1. The Bertz CT molecular complexity index is 357. The number of amides is 1. The van der Waals surface area contributed by atoms with Gasteiger partial charge in [-0.05, 0) is 75.2 Å². The quantitative estimate of drug-likeness (QED) is 0.847. The lowest BCUT2D eigenvalue weighted by molar-refractivity contribution is -0.119. The van der Waals surface area contributed by atoms with E-state index in [2.05, 4.69) is 4.90 Å². The summed E-state index contributed by atoms with van der Waals surface area (Å²) in [5.74, 6) is 3.46. The Labute approximate surface area is 115 Å². The zero-order valence-corrected chi connectivity index (χ0v) is 11.8. The molecule has 0 aromatic carbocycles. The molecule has 4 saturated carbocycles. The van der Waals surface area contributed by atoms with Gasteiger partial charge in [-0.25, -0.2) is 0 Å². The molecule has 1 saturated heterocycles. The van der Waals surface area contributed by atoms with Crippen LogP contribution in [0.3, 0.4) is 0 Å². The third-order valence-corrected chi connectivity index (χ3v) is 6.45. The summed E-state index contributed by atoms with van der Waals surface area (Å²) in [7, 11) is 0. The molecular formula is C16H26N2O. The van der Waals surface area contributed by atoms with Gasteiger partial charge < -0.3 is 5.73 Å². The van der Waals surface area contributed by atoms with Crippen LogP contribution in [0.4, 0.5) is 0 Å². The van der Waals surface area contributed by atoms with Crippen molar-refractivity contribution in [3.63, 3.8) is 0 Å². The monoisotopic (exact) mass is 262 g/mol. The van der Waals surface area contributed by atoms with Gasteiger partial charge in [0.2, 0.25) is 5.91 Å². The van der Waals surface area contributed by atoms with Gasteiger partial charge in [-0.1, -0.05) is 0 Å². The number of nitrogens with zero attached hydrogens (tertiary/aromatic N) is 1. The van der Waals surface area contributed by atoms with Gasteiger partial charge in [-0.2, -0.15) is 0 Å². The van der Waals surface area contributed by atoms with Gasteiger partial charge in [0.15, 0.2) is 0 Å². The van der Waals surface area contributed by atoms with Crippen molar-refractivity contribution in [3.05, 3.63) is 0 Å². The van der Waals surface area contributed by atoms with E-state index in [0.29, 0.717) is 17.9 Å². The van der Waals surface area contributed by atoms with Crippen molar-refractivity contribution in [2.45, 2.75) is 56.9 Å². The van der Waals surface area contributed by atoms with Gasteiger partial charge in [0.1, 0.15) is 0 Å². The third-order valence-electron chi connectivity index (χ3n) is 6.45. The predicted octanol–water partition coefficient (Wildman–Crippen LogP) is 2.15. The molecule has 5 fully saturated rings. The Morgan fingerprint density at radius 2 is 1.68 bits per heavy atom. The molecule has 0 aromatic heterocycles. The fourth-order valence-corrected chi connectivity index (χ4v) is 6.17. The summed E-state index contributed by atoms with van der Waals surface area (Å²) in [6.45, 7) is 2.35. The number of hydrogen-bond acceptors (Lipinski definition) is 2. The van der Waals surface area contributed by atoms with Gasteiger partial charge in [0.05, 0.1) is 0 Å². The first-order valence-electron chi connectivity index (χ1n) is 8.16. The zero-order valence-electron chi connectivity index (χ0n) is 11.8. The van der Waals surface area contributed by atoms with Crippen molar-refractivity contribution in [2.24, 2.45) is 29.4 Å². The molecule has 4 bridgehead atoms. The minimum atomic E-state index is -0.114. The molecule has 19 heavy (non-hydrogen) atoms. The average molecular weight is 262 g/mol. The van der Waals surface area contributed by atoms with Crippen molar-refractivity contribution >= 4 is 5.91 Å². The lowest BCUT2D eigenvalue weighted by Crippen LogP contribution is -2.59. The minimum absolute atomic E-state index is 0.114. The Kier molecular flexibility index (Phi) is 2.70. The van der Waals surface area contributed by atoms with Crippen LogP contribution in [-0.2, 0) is 4.79 Å². The highest BCUT2D eigenvalue weighted by Crippen LogP contribution is 2.58. The summed E-state index contributed by atoms with van der Waals surface area (Å²) in [6, 6.07) is 0. The molecule has 1 heterocycles. The van der Waals surface area contributed by atoms with Gasteiger partial charge in [-0.15, -0.1) is 0 Å². The molecular weight excluding hydrogens is 236 g/mol. The average Bonchev–Trinajstić information content (AvgIpc) is 2.75. The first-order valence-corrected chi connectivity index (χ1v) is 8.16. The first kappa shape index (κ1) is 12.2. The zero-order chi connectivity index (χ0) is 13.0. The molecule has 5 rings (SSSR count). The maximum Gasteiger partial charge on any atom is 0.217 e. The number of rotatable bonds is 3. The van der Waals surface area contributed by atoms with Crippen LogP contribution in [0.15, 0.2) is 0 Å². The lowest BCUT2D eigenvalue weighted by atomic mass is 9.52. The Hall–Kier alpha value is -0.570. The van der Waals surface area contributed by atoms with E-state index in [1.807, 2.05) is 0 Å². The van der Waals surface area contributed by atoms with Crippen molar-refractivity contribution in [1.29, 1.82) is 0 Å². The van der Waals surface area contributed by atoms with Gasteiger partial charge in [-0.3, -0.25) is 9.69 Å². The van der Waals surface area contributed by atoms with Crippen LogP contribution in [0.1, 0.15) is 51.4 Å². The van der Waals surface area contributed by atoms with Crippen LogP contribution < -0.4 is 5.73 Å². The predicted molar refractivity (Wildman–Crippen MR) is 74.4 cm³/mol. The van der Waals surface area contributed by atoms with E-state index >= 15 is 0 Å². The smallest absolute Gasteiger partial charge is 0.217 e. The number of nitrogens with two attached hydrogens (primary N) is 1. The first-order chi connectivity index (χ1) is 9.13. The molecule has 1 amide bonds. The molecule has 3 nitrogen and oxygen atoms in total. The van der Waals surface area contributed by atoms with E-state index in [0.717, 1.165) is 24.3 Å². The molecule has 2 N–H and O–H groups in total. The fraction of sp³-hybridized carbons (Fsp3) is 0.938. The number of hydrogen-bond donors (Lipinski definition) is 1. The second-order valence-electron chi connectivity index (χ2n) is 7.91. The van der Waals surface area contributed by atoms with Crippen molar-refractivity contribution in [1.82, 2.24) is 4.90 Å². The standard InChI is InChI=1S/C16H26N2O/c17-15(19)6-11-1-2-18(10-11)16-7-12-3-13(8-16)5-14(4-12)9-16/h11-14H,1-10H2,(H2,17,19). The largest absolute Gasteiger partial charge is 0.370 e. The normalized spacial score (nSPS) is 48.8. The van der Waals surface area contributed by atoms with Crippen molar-refractivity contribution in [2.75, 3.05) is 13.1 Å². The molecule has 0 radical (unpaired) electrons. The highest BCUT2D eigenvalue weighted by Gasteiger charge is 2.54. The molecule has 1 unspecified atom stereocenters. The van der Waals surface area contributed by atoms with Crippen molar-refractivity contribution in [3.8, 4) is 0 Å². The van der Waals surface area contributed by atoms with Crippen LogP contribution in [-0.4, -0.2) is 29.4 Å². The molecule has 1 atom stereocenters. The Morgan fingerprint density at radius 3 is 2.21 bits per heavy atom. The maximum absolute atomic E-state index is 11.1. The highest BCUT2D eigenvalue weighted by molar-refractivity contribution is 5.74. The minimum Gasteiger partial charge on any atom is -0.370 e. The summed E-state index contributed by atoms with van der Waals surface area (Å²) in [5.41, 5.74) is 5.90. The fourth-order valence-electron chi connectivity index (χ4n) is 6.17. The second kappa shape index (κ2) is 4.21. The SMILES string of the molecule is NC(=O)CC1CCN(C23CC4CC(CC(C4)C2)C3)C1. The molecule has 0 aromatic rings. The Balaban J connectivity index is 1.49. The summed E-state index contributed by atoms with van der Waals surface area (Å²) < 4.78 is 0. The van der Waals surface area contributed by atoms with Gasteiger partial charge >= 0.3 is 0 Å².